The minimum atomic E-state index is -0.861. The molecule has 2 atom stereocenters. The predicted octanol–water partition coefficient (Wildman–Crippen LogP) is 1.03. The summed E-state index contributed by atoms with van der Waals surface area (Å²) in [7, 11) is 0. The molecule has 0 aromatic heterocycles. The number of aliphatic carboxylic acids is 1. The molecule has 6 heteroatoms. The number of rotatable bonds is 4. The summed E-state index contributed by atoms with van der Waals surface area (Å²) >= 11 is 0. The Morgan fingerprint density at radius 3 is 2.20 bits per heavy atom. The zero-order chi connectivity index (χ0) is 14.3. The maximum Gasteiger partial charge on any atom is 0.320 e. The molecule has 2 bridgehead atoms. The fraction of sp³-hybridized carbons (Fsp3) is 0.857. The highest BCUT2D eigenvalue weighted by Crippen LogP contribution is 2.38. The van der Waals surface area contributed by atoms with Gasteiger partial charge in [-0.05, 0) is 38.5 Å². The monoisotopic (exact) mass is 282 g/mol. The first-order chi connectivity index (χ1) is 9.56. The van der Waals surface area contributed by atoms with E-state index < -0.39 is 5.97 Å². The fourth-order valence-electron chi connectivity index (χ4n) is 3.65. The first kappa shape index (κ1) is 13.7. The van der Waals surface area contributed by atoms with Gasteiger partial charge < -0.3 is 20.0 Å². The molecular weight excluding hydrogens is 260 g/mol. The molecule has 2 amide bonds. The molecule has 6 nitrogen and oxygen atoms in total. The average Bonchev–Trinajstić information content (AvgIpc) is 3.15. The van der Waals surface area contributed by atoms with Crippen LogP contribution in [0.5, 0.6) is 0 Å². The standard InChI is InChI=1S/C14H22N2O4/c17-12-7-10-3-4-11(8-12)16(10)14(20)15(9-1-2-9)6-5-13(18)19/h9-12,17H,1-8H2,(H,18,19). The Kier molecular flexibility index (Phi) is 3.58. The quantitative estimate of drug-likeness (QED) is 0.807. The van der Waals surface area contributed by atoms with Crippen molar-refractivity contribution in [1.82, 2.24) is 9.80 Å². The van der Waals surface area contributed by atoms with E-state index >= 15 is 0 Å². The summed E-state index contributed by atoms with van der Waals surface area (Å²) in [6.07, 6.45) is 4.95. The van der Waals surface area contributed by atoms with Crippen LogP contribution in [0.1, 0.15) is 44.9 Å². The Bertz CT molecular complexity index is 396. The van der Waals surface area contributed by atoms with Gasteiger partial charge in [-0.15, -0.1) is 0 Å². The number of urea groups is 1. The van der Waals surface area contributed by atoms with E-state index in [0.717, 1.165) is 25.7 Å². The number of aliphatic hydroxyl groups is 1. The number of carbonyl (C=O) groups is 2. The van der Waals surface area contributed by atoms with Crippen LogP contribution in [-0.4, -0.2) is 62.8 Å². The van der Waals surface area contributed by atoms with E-state index in [1.165, 1.54) is 0 Å². The van der Waals surface area contributed by atoms with Gasteiger partial charge in [-0.2, -0.15) is 0 Å². The summed E-state index contributed by atoms with van der Waals surface area (Å²) in [4.78, 5) is 27.2. The lowest BCUT2D eigenvalue weighted by molar-refractivity contribution is -0.137. The Hall–Kier alpha value is -1.30. The highest BCUT2D eigenvalue weighted by atomic mass is 16.4. The van der Waals surface area contributed by atoms with Crippen molar-refractivity contribution in [3.05, 3.63) is 0 Å². The number of aliphatic hydroxyl groups excluding tert-OH is 1. The van der Waals surface area contributed by atoms with E-state index in [9.17, 15) is 14.7 Å². The normalized spacial score (nSPS) is 32.2. The summed E-state index contributed by atoms with van der Waals surface area (Å²) < 4.78 is 0. The Labute approximate surface area is 118 Å². The molecule has 2 N–H and O–H groups in total. The molecule has 2 aliphatic heterocycles. The number of hydrogen-bond donors (Lipinski definition) is 2. The Morgan fingerprint density at radius 2 is 1.70 bits per heavy atom. The van der Waals surface area contributed by atoms with Crippen molar-refractivity contribution in [3.8, 4) is 0 Å². The van der Waals surface area contributed by atoms with Crippen LogP contribution in [0, 0.1) is 0 Å². The van der Waals surface area contributed by atoms with Gasteiger partial charge in [-0.3, -0.25) is 4.79 Å². The number of carboxylic acid groups (broad SMARTS) is 1. The van der Waals surface area contributed by atoms with Gasteiger partial charge in [0.25, 0.3) is 0 Å². The zero-order valence-corrected chi connectivity index (χ0v) is 11.6. The van der Waals surface area contributed by atoms with Gasteiger partial charge in [0, 0.05) is 24.7 Å². The SMILES string of the molecule is O=C(O)CCN(C(=O)N1C2CCC1CC(O)C2)C1CC1. The predicted molar refractivity (Wildman–Crippen MR) is 71.3 cm³/mol. The van der Waals surface area contributed by atoms with Crippen LogP contribution in [0.3, 0.4) is 0 Å². The molecule has 2 saturated heterocycles. The lowest BCUT2D eigenvalue weighted by atomic mass is 10.0. The zero-order valence-electron chi connectivity index (χ0n) is 11.6. The minimum absolute atomic E-state index is 0.00634. The van der Waals surface area contributed by atoms with E-state index in [1.54, 1.807) is 4.90 Å². The molecule has 0 radical (unpaired) electrons. The third kappa shape index (κ3) is 2.61. The smallest absolute Gasteiger partial charge is 0.320 e. The second kappa shape index (κ2) is 5.24. The molecule has 3 fully saturated rings. The van der Waals surface area contributed by atoms with Crippen LogP contribution < -0.4 is 0 Å². The topological polar surface area (TPSA) is 81.1 Å². The van der Waals surface area contributed by atoms with Crippen molar-refractivity contribution in [2.24, 2.45) is 0 Å². The van der Waals surface area contributed by atoms with Crippen LogP contribution in [0.2, 0.25) is 0 Å². The third-order valence-corrected chi connectivity index (χ3v) is 4.73. The Balaban J connectivity index is 1.68. The van der Waals surface area contributed by atoms with Crippen molar-refractivity contribution < 1.29 is 19.8 Å². The fourth-order valence-corrected chi connectivity index (χ4v) is 3.65. The maximum absolute atomic E-state index is 12.7. The largest absolute Gasteiger partial charge is 0.481 e. The van der Waals surface area contributed by atoms with Gasteiger partial charge in [0.1, 0.15) is 0 Å². The van der Waals surface area contributed by atoms with E-state index in [4.69, 9.17) is 5.11 Å². The molecule has 2 heterocycles. The molecule has 0 spiro atoms. The number of amides is 2. The molecule has 0 aromatic rings. The van der Waals surface area contributed by atoms with Crippen LogP contribution in [0.4, 0.5) is 4.79 Å². The summed E-state index contributed by atoms with van der Waals surface area (Å²) in [6.45, 7) is 0.303. The van der Waals surface area contributed by atoms with Crippen molar-refractivity contribution >= 4 is 12.0 Å². The van der Waals surface area contributed by atoms with E-state index in [-0.39, 0.29) is 36.7 Å². The number of piperidine rings is 1. The molecule has 3 rings (SSSR count). The molecule has 1 saturated carbocycles. The van der Waals surface area contributed by atoms with Gasteiger partial charge >= 0.3 is 12.0 Å². The number of carboxylic acids is 1. The van der Waals surface area contributed by atoms with E-state index in [0.29, 0.717) is 19.4 Å². The molecule has 0 aromatic carbocycles. The molecule has 20 heavy (non-hydrogen) atoms. The molecular formula is C14H22N2O4. The van der Waals surface area contributed by atoms with Crippen molar-refractivity contribution in [2.75, 3.05) is 6.54 Å². The summed E-state index contributed by atoms with van der Waals surface area (Å²) in [6, 6.07) is 0.505. The van der Waals surface area contributed by atoms with Gasteiger partial charge in [0.15, 0.2) is 0 Å². The second-order valence-electron chi connectivity index (χ2n) is 6.27. The number of hydrogen-bond acceptors (Lipinski definition) is 3. The van der Waals surface area contributed by atoms with Gasteiger partial charge in [-0.25, -0.2) is 4.79 Å². The third-order valence-electron chi connectivity index (χ3n) is 4.73. The molecule has 1 aliphatic carbocycles. The highest BCUT2D eigenvalue weighted by Gasteiger charge is 2.46. The number of carbonyl (C=O) groups excluding carboxylic acids is 1. The van der Waals surface area contributed by atoms with Gasteiger partial charge in [0.05, 0.1) is 12.5 Å². The molecule has 3 aliphatic rings. The van der Waals surface area contributed by atoms with Crippen molar-refractivity contribution in [1.29, 1.82) is 0 Å². The first-order valence-corrected chi connectivity index (χ1v) is 7.55. The van der Waals surface area contributed by atoms with E-state index in [1.807, 2.05) is 4.90 Å². The van der Waals surface area contributed by atoms with Gasteiger partial charge in [-0.1, -0.05) is 0 Å². The lowest BCUT2D eigenvalue weighted by Gasteiger charge is -2.40. The lowest BCUT2D eigenvalue weighted by Crippen LogP contribution is -2.54. The molecule has 112 valence electrons. The van der Waals surface area contributed by atoms with E-state index in [2.05, 4.69) is 0 Å². The second-order valence-corrected chi connectivity index (χ2v) is 6.27. The highest BCUT2D eigenvalue weighted by molar-refractivity contribution is 5.77. The summed E-state index contributed by atoms with van der Waals surface area (Å²) in [5.74, 6) is -0.861. The minimum Gasteiger partial charge on any atom is -0.481 e. The van der Waals surface area contributed by atoms with Crippen LogP contribution in [0.25, 0.3) is 0 Å². The first-order valence-electron chi connectivity index (χ1n) is 7.55. The molecule has 2 unspecified atom stereocenters. The van der Waals surface area contributed by atoms with Crippen LogP contribution in [0.15, 0.2) is 0 Å². The summed E-state index contributed by atoms with van der Waals surface area (Å²) in [5, 5.41) is 18.6. The van der Waals surface area contributed by atoms with Crippen LogP contribution in [-0.2, 0) is 4.79 Å². The number of fused-ring (bicyclic) bond motifs is 2. The average molecular weight is 282 g/mol. The Morgan fingerprint density at radius 1 is 1.10 bits per heavy atom. The van der Waals surface area contributed by atoms with Crippen LogP contribution >= 0.6 is 0 Å². The van der Waals surface area contributed by atoms with Crippen molar-refractivity contribution in [3.63, 3.8) is 0 Å². The summed E-state index contributed by atoms with van der Waals surface area (Å²) in [5.41, 5.74) is 0. The van der Waals surface area contributed by atoms with Crippen molar-refractivity contribution in [2.45, 2.75) is 69.2 Å². The van der Waals surface area contributed by atoms with Gasteiger partial charge in [0.2, 0.25) is 0 Å². The maximum atomic E-state index is 12.7. The number of nitrogens with zero attached hydrogens (tertiary/aromatic N) is 2.